The summed E-state index contributed by atoms with van der Waals surface area (Å²) < 4.78 is 10.9. The first-order valence-corrected chi connectivity index (χ1v) is 10.2. The van der Waals surface area contributed by atoms with Gasteiger partial charge in [-0.25, -0.2) is 9.59 Å². The Hall–Kier alpha value is -3.00. The van der Waals surface area contributed by atoms with Crippen LogP contribution in [-0.4, -0.2) is 30.8 Å². The highest BCUT2D eigenvalue weighted by atomic mass is 79.9. The lowest BCUT2D eigenvalue weighted by atomic mass is 9.94. The van der Waals surface area contributed by atoms with Crippen molar-refractivity contribution < 1.29 is 24.2 Å². The van der Waals surface area contributed by atoms with Crippen LogP contribution in [0.3, 0.4) is 0 Å². The molecule has 1 aliphatic rings. The Bertz CT molecular complexity index is 1030. The summed E-state index contributed by atoms with van der Waals surface area (Å²) in [7, 11) is 1.43. The number of allylic oxidation sites excluding steroid dienone is 1. The summed E-state index contributed by atoms with van der Waals surface area (Å²) in [6, 6.07) is 9.51. The fourth-order valence-corrected chi connectivity index (χ4v) is 3.95. The fraction of sp³-hybridized carbons (Fsp3) is 0.273. The van der Waals surface area contributed by atoms with E-state index < -0.39 is 12.0 Å². The monoisotopic (exact) mass is 474 g/mol. The normalized spacial score (nSPS) is 16.4. The van der Waals surface area contributed by atoms with Gasteiger partial charge in [0.05, 0.1) is 35.5 Å². The second-order valence-corrected chi connectivity index (χ2v) is 7.63. The quantitative estimate of drug-likeness (QED) is 0.619. The number of nitrogens with one attached hydrogen (secondary N) is 1. The van der Waals surface area contributed by atoms with Crippen LogP contribution >= 0.6 is 15.9 Å². The molecule has 2 amide bonds. The molecule has 3 rings (SSSR count). The van der Waals surface area contributed by atoms with Crippen LogP contribution in [0.5, 0.6) is 11.5 Å². The van der Waals surface area contributed by atoms with Crippen molar-refractivity contribution in [2.45, 2.75) is 26.8 Å². The maximum Gasteiger partial charge on any atom is 0.338 e. The van der Waals surface area contributed by atoms with Gasteiger partial charge in [0.25, 0.3) is 0 Å². The fourth-order valence-electron chi connectivity index (χ4n) is 3.49. The molecule has 2 aromatic carbocycles. The number of amides is 2. The number of methoxy groups -OCH3 is 1. The zero-order valence-electron chi connectivity index (χ0n) is 17.2. The van der Waals surface area contributed by atoms with Gasteiger partial charge in [0.1, 0.15) is 0 Å². The molecule has 1 aliphatic heterocycles. The molecule has 0 saturated carbocycles. The average molecular weight is 475 g/mol. The van der Waals surface area contributed by atoms with Crippen LogP contribution in [0.4, 0.5) is 10.5 Å². The maximum absolute atomic E-state index is 13.1. The topological polar surface area (TPSA) is 88.1 Å². The first-order valence-electron chi connectivity index (χ1n) is 9.40. The van der Waals surface area contributed by atoms with E-state index in [4.69, 9.17) is 9.47 Å². The number of carbonyl (C=O) groups excluding carboxylic acids is 2. The minimum Gasteiger partial charge on any atom is -0.503 e. The number of halogens is 1. The van der Waals surface area contributed by atoms with Crippen molar-refractivity contribution in [2.24, 2.45) is 0 Å². The Balaban J connectivity index is 2.20. The van der Waals surface area contributed by atoms with Crippen LogP contribution in [0, 0.1) is 6.92 Å². The molecular formula is C22H23BrN2O5. The van der Waals surface area contributed by atoms with Gasteiger partial charge in [-0.15, -0.1) is 0 Å². The standard InChI is InChI=1S/C22H23BrN2O5/c1-5-30-21(27)18-13(3)25(16-9-7-6-8-12(16)2)22(28)24-19(18)14-10-15(23)20(26)17(11-14)29-4/h6-11,19,26H,5H2,1-4H3,(H,24,28)/t19-/m1/s1. The smallest absolute Gasteiger partial charge is 0.338 e. The van der Waals surface area contributed by atoms with Crippen LogP contribution in [0.2, 0.25) is 0 Å². The van der Waals surface area contributed by atoms with Gasteiger partial charge >= 0.3 is 12.0 Å². The van der Waals surface area contributed by atoms with Gasteiger partial charge in [0.15, 0.2) is 11.5 Å². The summed E-state index contributed by atoms with van der Waals surface area (Å²) in [4.78, 5) is 27.5. The van der Waals surface area contributed by atoms with Crippen molar-refractivity contribution in [1.29, 1.82) is 0 Å². The number of esters is 1. The van der Waals surface area contributed by atoms with E-state index in [1.807, 2.05) is 31.2 Å². The number of aryl methyl sites for hydroxylation is 1. The number of hydrogen-bond acceptors (Lipinski definition) is 5. The Morgan fingerprint density at radius 1 is 1.27 bits per heavy atom. The number of aromatic hydroxyl groups is 1. The molecule has 0 aromatic heterocycles. The third-order valence-corrected chi connectivity index (χ3v) is 5.54. The summed E-state index contributed by atoms with van der Waals surface area (Å²) >= 11 is 3.30. The summed E-state index contributed by atoms with van der Waals surface area (Å²) in [5, 5.41) is 13.0. The molecule has 2 N–H and O–H groups in total. The lowest BCUT2D eigenvalue weighted by molar-refractivity contribution is -0.139. The first kappa shape index (κ1) is 21.7. The summed E-state index contributed by atoms with van der Waals surface area (Å²) in [6.45, 7) is 5.54. The second-order valence-electron chi connectivity index (χ2n) is 6.78. The number of ether oxygens (including phenoxy) is 2. The molecule has 0 spiro atoms. The molecule has 0 aliphatic carbocycles. The minimum atomic E-state index is -0.775. The van der Waals surface area contributed by atoms with E-state index in [-0.39, 0.29) is 24.1 Å². The van der Waals surface area contributed by atoms with Crippen molar-refractivity contribution >= 4 is 33.6 Å². The van der Waals surface area contributed by atoms with E-state index in [9.17, 15) is 14.7 Å². The zero-order chi connectivity index (χ0) is 22.0. The van der Waals surface area contributed by atoms with Gasteiger partial charge < -0.3 is 19.9 Å². The Morgan fingerprint density at radius 2 is 1.97 bits per heavy atom. The summed E-state index contributed by atoms with van der Waals surface area (Å²) in [6.07, 6.45) is 0. The number of para-hydroxylation sites is 1. The molecule has 2 aromatic rings. The molecule has 1 heterocycles. The SMILES string of the molecule is CCOC(=O)C1=C(C)N(c2ccccc2C)C(=O)N[C@@H]1c1cc(Br)c(O)c(OC)c1. The van der Waals surface area contributed by atoms with E-state index >= 15 is 0 Å². The number of urea groups is 1. The third-order valence-electron chi connectivity index (χ3n) is 4.94. The molecule has 0 radical (unpaired) electrons. The van der Waals surface area contributed by atoms with Crippen LogP contribution in [-0.2, 0) is 9.53 Å². The summed E-state index contributed by atoms with van der Waals surface area (Å²) in [5.74, 6) is -0.374. The predicted molar refractivity (Wildman–Crippen MR) is 117 cm³/mol. The molecule has 0 saturated heterocycles. The van der Waals surface area contributed by atoms with Gasteiger partial charge in [-0.1, -0.05) is 18.2 Å². The largest absolute Gasteiger partial charge is 0.503 e. The van der Waals surface area contributed by atoms with E-state index in [0.29, 0.717) is 27.0 Å². The molecule has 0 fully saturated rings. The number of anilines is 1. The van der Waals surface area contributed by atoms with Gasteiger partial charge in [-0.3, -0.25) is 4.90 Å². The average Bonchev–Trinajstić information content (AvgIpc) is 2.71. The zero-order valence-corrected chi connectivity index (χ0v) is 18.7. The number of phenols is 1. The number of phenolic OH excluding ortho intramolecular Hbond substituents is 1. The highest BCUT2D eigenvalue weighted by molar-refractivity contribution is 9.10. The Kier molecular flexibility index (Phi) is 6.36. The number of hydrogen-bond donors (Lipinski definition) is 2. The number of carbonyl (C=O) groups is 2. The molecule has 0 bridgehead atoms. The maximum atomic E-state index is 13.1. The van der Waals surface area contributed by atoms with Crippen molar-refractivity contribution in [3.05, 3.63) is 63.3 Å². The third kappa shape index (κ3) is 3.87. The van der Waals surface area contributed by atoms with E-state index in [2.05, 4.69) is 21.2 Å². The van der Waals surface area contributed by atoms with E-state index in [1.54, 1.807) is 26.0 Å². The molecular weight excluding hydrogens is 452 g/mol. The van der Waals surface area contributed by atoms with Crippen LogP contribution in [0.25, 0.3) is 0 Å². The number of rotatable bonds is 5. The number of nitrogens with zero attached hydrogens (tertiary/aromatic N) is 1. The first-order chi connectivity index (χ1) is 14.3. The van der Waals surface area contributed by atoms with Crippen LogP contribution in [0.1, 0.15) is 31.0 Å². The number of benzene rings is 2. The highest BCUT2D eigenvalue weighted by Gasteiger charge is 2.38. The van der Waals surface area contributed by atoms with Gasteiger partial charge in [0.2, 0.25) is 0 Å². The van der Waals surface area contributed by atoms with Crippen LogP contribution < -0.4 is 15.0 Å². The second kappa shape index (κ2) is 8.79. The van der Waals surface area contributed by atoms with Gasteiger partial charge in [-0.2, -0.15) is 0 Å². The van der Waals surface area contributed by atoms with Crippen molar-refractivity contribution in [2.75, 3.05) is 18.6 Å². The molecule has 1 atom stereocenters. The van der Waals surface area contributed by atoms with E-state index in [1.165, 1.54) is 12.0 Å². The lowest BCUT2D eigenvalue weighted by Crippen LogP contribution is -2.48. The predicted octanol–water partition coefficient (Wildman–Crippen LogP) is 4.58. The minimum absolute atomic E-state index is 0.0664. The Morgan fingerprint density at radius 3 is 2.60 bits per heavy atom. The van der Waals surface area contributed by atoms with Crippen molar-refractivity contribution in [3.63, 3.8) is 0 Å². The van der Waals surface area contributed by atoms with E-state index in [0.717, 1.165) is 5.56 Å². The van der Waals surface area contributed by atoms with Crippen LogP contribution in [0.15, 0.2) is 52.1 Å². The highest BCUT2D eigenvalue weighted by Crippen LogP contribution is 2.41. The molecule has 158 valence electrons. The Labute approximate surface area is 183 Å². The molecule has 0 unspecified atom stereocenters. The van der Waals surface area contributed by atoms with Gasteiger partial charge in [-0.05, 0) is 66.0 Å². The van der Waals surface area contributed by atoms with Crippen molar-refractivity contribution in [3.8, 4) is 11.5 Å². The molecule has 8 heteroatoms. The lowest BCUT2D eigenvalue weighted by Gasteiger charge is -2.36. The van der Waals surface area contributed by atoms with Crippen molar-refractivity contribution in [1.82, 2.24) is 5.32 Å². The van der Waals surface area contributed by atoms with Gasteiger partial charge in [0, 0.05) is 5.70 Å². The molecule has 7 nitrogen and oxygen atoms in total. The summed E-state index contributed by atoms with van der Waals surface area (Å²) in [5.41, 5.74) is 2.91. The molecule has 30 heavy (non-hydrogen) atoms.